The van der Waals surface area contributed by atoms with Crippen LogP contribution in [0.4, 0.5) is 0 Å². The molecule has 19 heavy (non-hydrogen) atoms. The number of fused-ring (bicyclic) bond motifs is 1. The van der Waals surface area contributed by atoms with Crippen molar-refractivity contribution in [3.8, 4) is 0 Å². The molecule has 3 aliphatic rings. The summed E-state index contributed by atoms with van der Waals surface area (Å²) in [4.78, 5) is 12.3. The molecular formula is C16H24O3. The summed E-state index contributed by atoms with van der Waals surface area (Å²) >= 11 is 0. The lowest BCUT2D eigenvalue weighted by Gasteiger charge is -2.65. The van der Waals surface area contributed by atoms with Gasteiger partial charge in [0, 0.05) is 0 Å². The largest absolute Gasteiger partial charge is 0.469 e. The van der Waals surface area contributed by atoms with Crippen molar-refractivity contribution in [3.05, 3.63) is 11.6 Å². The number of carbonyl (C=O) groups excluding carboxylic acids is 1. The molecule has 0 saturated heterocycles. The number of aliphatic hydroxyl groups excluding tert-OH is 1. The van der Waals surface area contributed by atoms with Crippen LogP contribution in [0.5, 0.6) is 0 Å². The average molecular weight is 264 g/mol. The van der Waals surface area contributed by atoms with Crippen LogP contribution in [-0.2, 0) is 9.53 Å². The zero-order chi connectivity index (χ0) is 13.8. The first-order valence-corrected chi connectivity index (χ1v) is 7.37. The number of aliphatic hydroxyl groups is 1. The van der Waals surface area contributed by atoms with Crippen molar-refractivity contribution >= 4 is 5.97 Å². The SMILES string of the molecule is COC(=O)[C@@]1(C)CCC[C@@]2(C)[C@@H]3CC=C(CO)[C@H]2[C@@H]31. The van der Waals surface area contributed by atoms with Gasteiger partial charge < -0.3 is 9.84 Å². The van der Waals surface area contributed by atoms with Crippen LogP contribution in [0.3, 0.4) is 0 Å². The summed E-state index contributed by atoms with van der Waals surface area (Å²) in [6.45, 7) is 4.57. The van der Waals surface area contributed by atoms with Crippen LogP contribution >= 0.6 is 0 Å². The maximum Gasteiger partial charge on any atom is 0.311 e. The van der Waals surface area contributed by atoms with Crippen LogP contribution in [0.25, 0.3) is 0 Å². The second-order valence-corrected chi connectivity index (χ2v) is 7.05. The molecule has 0 radical (unpaired) electrons. The van der Waals surface area contributed by atoms with E-state index >= 15 is 0 Å². The topological polar surface area (TPSA) is 46.5 Å². The van der Waals surface area contributed by atoms with Crippen LogP contribution < -0.4 is 0 Å². The number of carbonyl (C=O) groups is 1. The molecule has 3 nitrogen and oxygen atoms in total. The van der Waals surface area contributed by atoms with Crippen molar-refractivity contribution in [1.82, 2.24) is 0 Å². The highest BCUT2D eigenvalue weighted by molar-refractivity contribution is 5.77. The van der Waals surface area contributed by atoms with Crippen molar-refractivity contribution in [2.24, 2.45) is 28.6 Å². The van der Waals surface area contributed by atoms with Crippen LogP contribution in [-0.4, -0.2) is 24.8 Å². The van der Waals surface area contributed by atoms with Crippen LogP contribution in [0, 0.1) is 28.6 Å². The number of hydrogen-bond acceptors (Lipinski definition) is 3. The van der Waals surface area contributed by atoms with Gasteiger partial charge in [0.15, 0.2) is 0 Å². The zero-order valence-corrected chi connectivity index (χ0v) is 12.1. The smallest absolute Gasteiger partial charge is 0.311 e. The highest BCUT2D eigenvalue weighted by Gasteiger charge is 2.68. The molecular weight excluding hydrogens is 240 g/mol. The molecule has 0 spiro atoms. The number of ether oxygens (including phenoxy) is 1. The van der Waals surface area contributed by atoms with E-state index in [1.165, 1.54) is 13.5 Å². The Labute approximate surface area is 115 Å². The van der Waals surface area contributed by atoms with Crippen molar-refractivity contribution < 1.29 is 14.6 Å². The molecule has 1 N–H and O–H groups in total. The molecule has 3 heteroatoms. The molecule has 0 aromatic heterocycles. The monoisotopic (exact) mass is 264 g/mol. The van der Waals surface area contributed by atoms with E-state index < -0.39 is 0 Å². The fourth-order valence-corrected chi connectivity index (χ4v) is 5.43. The molecule has 2 fully saturated rings. The molecule has 2 saturated carbocycles. The number of esters is 1. The summed E-state index contributed by atoms with van der Waals surface area (Å²) in [6.07, 6.45) is 6.40. The summed E-state index contributed by atoms with van der Waals surface area (Å²) in [5.74, 6) is 1.26. The van der Waals surface area contributed by atoms with Gasteiger partial charge in [0.25, 0.3) is 0 Å². The molecule has 0 amide bonds. The van der Waals surface area contributed by atoms with Gasteiger partial charge in [0.2, 0.25) is 0 Å². The lowest BCUT2D eigenvalue weighted by atomic mass is 9.38. The van der Waals surface area contributed by atoms with Crippen molar-refractivity contribution in [2.75, 3.05) is 13.7 Å². The Morgan fingerprint density at radius 3 is 2.84 bits per heavy atom. The standard InChI is InChI=1S/C16H24O3/c1-15-7-4-8-16(2,14(18)19-3)13-11(15)6-5-10(9-17)12(13)15/h5,11-13,17H,4,6-9H2,1-3H3/t11-,12+,13-,15+,16+/m1/s1. The lowest BCUT2D eigenvalue weighted by molar-refractivity contribution is -0.182. The molecule has 0 heterocycles. The quantitative estimate of drug-likeness (QED) is 0.616. The fourth-order valence-electron chi connectivity index (χ4n) is 5.43. The number of rotatable bonds is 2. The van der Waals surface area contributed by atoms with Gasteiger partial charge in [-0.15, -0.1) is 0 Å². The third-order valence-electron chi connectivity index (χ3n) is 6.37. The van der Waals surface area contributed by atoms with Gasteiger partial charge in [-0.05, 0) is 54.9 Å². The Kier molecular flexibility index (Phi) is 2.83. The molecule has 0 aromatic carbocycles. The fraction of sp³-hybridized carbons (Fsp3) is 0.812. The van der Waals surface area contributed by atoms with Gasteiger partial charge in [-0.2, -0.15) is 0 Å². The van der Waals surface area contributed by atoms with Gasteiger partial charge in [0.05, 0.1) is 19.1 Å². The first-order valence-electron chi connectivity index (χ1n) is 7.37. The maximum atomic E-state index is 12.3. The van der Waals surface area contributed by atoms with E-state index in [1.807, 2.05) is 0 Å². The first-order chi connectivity index (χ1) is 8.99. The van der Waals surface area contributed by atoms with Gasteiger partial charge in [-0.25, -0.2) is 0 Å². The van der Waals surface area contributed by atoms with Gasteiger partial charge >= 0.3 is 5.97 Å². The highest BCUT2D eigenvalue weighted by atomic mass is 16.5. The third kappa shape index (κ3) is 1.45. The van der Waals surface area contributed by atoms with Crippen molar-refractivity contribution in [1.29, 1.82) is 0 Å². The highest BCUT2D eigenvalue weighted by Crippen LogP contribution is 2.72. The molecule has 0 aliphatic heterocycles. The predicted molar refractivity (Wildman–Crippen MR) is 72.3 cm³/mol. The zero-order valence-electron chi connectivity index (χ0n) is 12.1. The van der Waals surface area contributed by atoms with E-state index in [4.69, 9.17) is 4.74 Å². The number of methoxy groups -OCH3 is 1. The van der Waals surface area contributed by atoms with Crippen LogP contribution in [0.15, 0.2) is 11.6 Å². The molecule has 4 bridgehead atoms. The van der Waals surface area contributed by atoms with E-state index in [9.17, 15) is 9.90 Å². The Morgan fingerprint density at radius 1 is 1.47 bits per heavy atom. The van der Waals surface area contributed by atoms with E-state index in [0.717, 1.165) is 24.8 Å². The minimum Gasteiger partial charge on any atom is -0.469 e. The van der Waals surface area contributed by atoms with Crippen LogP contribution in [0.2, 0.25) is 0 Å². The second kappa shape index (κ2) is 4.08. The predicted octanol–water partition coefficient (Wildman–Crippen LogP) is 2.54. The summed E-state index contributed by atoms with van der Waals surface area (Å²) < 4.78 is 5.09. The normalized spacial score (nSPS) is 47.8. The minimum absolute atomic E-state index is 0.0596. The third-order valence-corrected chi connectivity index (χ3v) is 6.37. The van der Waals surface area contributed by atoms with Crippen LogP contribution in [0.1, 0.15) is 39.5 Å². The van der Waals surface area contributed by atoms with E-state index in [0.29, 0.717) is 23.2 Å². The Morgan fingerprint density at radius 2 is 2.21 bits per heavy atom. The molecule has 0 aromatic rings. The molecule has 3 rings (SSSR count). The molecule has 3 aliphatic carbocycles. The van der Waals surface area contributed by atoms with Gasteiger partial charge in [0.1, 0.15) is 0 Å². The van der Waals surface area contributed by atoms with E-state index in [1.54, 1.807) is 0 Å². The minimum atomic E-state index is -0.366. The molecule has 5 atom stereocenters. The second-order valence-electron chi connectivity index (χ2n) is 7.05. The summed E-state index contributed by atoms with van der Waals surface area (Å²) in [6, 6.07) is 0. The lowest BCUT2D eigenvalue weighted by Crippen LogP contribution is -2.63. The summed E-state index contributed by atoms with van der Waals surface area (Å²) in [7, 11) is 1.49. The van der Waals surface area contributed by atoms with E-state index in [-0.39, 0.29) is 18.0 Å². The summed E-state index contributed by atoms with van der Waals surface area (Å²) in [5.41, 5.74) is 1.09. The maximum absolute atomic E-state index is 12.3. The Balaban J connectivity index is 2.03. The summed E-state index contributed by atoms with van der Waals surface area (Å²) in [5, 5.41) is 9.63. The Bertz CT molecular complexity index is 441. The van der Waals surface area contributed by atoms with Crippen molar-refractivity contribution in [3.63, 3.8) is 0 Å². The Hall–Kier alpha value is -0.830. The van der Waals surface area contributed by atoms with Gasteiger partial charge in [-0.3, -0.25) is 4.79 Å². The number of hydrogen-bond donors (Lipinski definition) is 1. The van der Waals surface area contributed by atoms with Gasteiger partial charge in [-0.1, -0.05) is 19.4 Å². The van der Waals surface area contributed by atoms with Crippen molar-refractivity contribution in [2.45, 2.75) is 39.5 Å². The molecule has 0 unspecified atom stereocenters. The first kappa shape index (κ1) is 13.2. The average Bonchev–Trinajstić information content (AvgIpc) is 2.63. The number of allylic oxidation sites excluding steroid dienone is 1. The molecule has 106 valence electrons. The van der Waals surface area contributed by atoms with E-state index in [2.05, 4.69) is 19.9 Å².